The van der Waals surface area contributed by atoms with E-state index in [1.54, 1.807) is 42.5 Å². The largest absolute Gasteiger partial charge is 0.435 e. The van der Waals surface area contributed by atoms with E-state index in [9.17, 15) is 18.4 Å². The lowest BCUT2D eigenvalue weighted by molar-refractivity contribution is -0.114. The summed E-state index contributed by atoms with van der Waals surface area (Å²) in [5.74, 6) is -0.472. The summed E-state index contributed by atoms with van der Waals surface area (Å²) >= 11 is 0. The predicted molar refractivity (Wildman–Crippen MR) is 91.5 cm³/mol. The van der Waals surface area contributed by atoms with Crippen LogP contribution in [0.15, 0.2) is 54.6 Å². The van der Waals surface area contributed by atoms with Crippen molar-refractivity contribution >= 4 is 29.3 Å². The minimum Gasteiger partial charge on any atom is -0.435 e. The first-order valence-electron chi connectivity index (χ1n) is 7.34. The molecule has 0 aromatic heterocycles. The van der Waals surface area contributed by atoms with Crippen molar-refractivity contribution in [2.45, 2.75) is 13.5 Å². The first-order chi connectivity index (χ1) is 11.9. The minimum absolute atomic E-state index is 0.0517. The van der Waals surface area contributed by atoms with Crippen LogP contribution < -0.4 is 15.4 Å². The molecule has 130 valence electrons. The number of benzene rings is 2. The molecular formula is C18H16F2N2O3. The van der Waals surface area contributed by atoms with Gasteiger partial charge in [-0.15, -0.1) is 0 Å². The van der Waals surface area contributed by atoms with Crippen molar-refractivity contribution in [1.82, 2.24) is 0 Å². The fourth-order valence-corrected chi connectivity index (χ4v) is 1.96. The zero-order valence-corrected chi connectivity index (χ0v) is 13.3. The van der Waals surface area contributed by atoms with Crippen molar-refractivity contribution in [2.24, 2.45) is 0 Å². The van der Waals surface area contributed by atoms with Crippen LogP contribution in [0, 0.1) is 0 Å². The van der Waals surface area contributed by atoms with E-state index in [1.165, 1.54) is 25.1 Å². The summed E-state index contributed by atoms with van der Waals surface area (Å²) in [7, 11) is 0. The Morgan fingerprint density at radius 1 is 0.960 bits per heavy atom. The topological polar surface area (TPSA) is 67.4 Å². The molecule has 0 spiro atoms. The van der Waals surface area contributed by atoms with Crippen molar-refractivity contribution < 1.29 is 23.1 Å². The average Bonchev–Trinajstić information content (AvgIpc) is 2.55. The van der Waals surface area contributed by atoms with Gasteiger partial charge in [-0.3, -0.25) is 9.59 Å². The van der Waals surface area contributed by atoms with Crippen molar-refractivity contribution in [2.75, 3.05) is 10.6 Å². The Bertz CT molecular complexity index is 757. The van der Waals surface area contributed by atoms with E-state index in [1.807, 2.05) is 0 Å². The van der Waals surface area contributed by atoms with Crippen LogP contribution in [0.1, 0.15) is 12.5 Å². The van der Waals surface area contributed by atoms with Gasteiger partial charge in [0.25, 0.3) is 0 Å². The summed E-state index contributed by atoms with van der Waals surface area (Å²) in [6.45, 7) is -1.46. The molecule has 7 heteroatoms. The normalized spacial score (nSPS) is 10.7. The number of amides is 2. The Kier molecular flexibility index (Phi) is 6.22. The molecule has 0 saturated carbocycles. The molecule has 0 saturated heterocycles. The highest BCUT2D eigenvalue weighted by atomic mass is 19.3. The first kappa shape index (κ1) is 18.1. The molecule has 0 aliphatic rings. The number of rotatable bonds is 6. The number of hydrogen-bond acceptors (Lipinski definition) is 3. The second kappa shape index (κ2) is 8.58. The Labute approximate surface area is 143 Å². The van der Waals surface area contributed by atoms with Crippen LogP contribution in [0.2, 0.25) is 0 Å². The van der Waals surface area contributed by atoms with Gasteiger partial charge >= 0.3 is 6.61 Å². The molecule has 2 aromatic carbocycles. The van der Waals surface area contributed by atoms with Gasteiger partial charge in [0.15, 0.2) is 0 Å². The fourth-order valence-electron chi connectivity index (χ4n) is 1.96. The standard InChI is InChI=1S/C18H16F2N2O3/c1-12(23)21-14-5-7-15(8-6-14)22-17(24)11-4-13-2-9-16(10-3-13)25-18(19)20/h2-11,18H,1H3,(H,21,23)(H,22,24)/b11-4+. The molecule has 0 radical (unpaired) electrons. The van der Waals surface area contributed by atoms with Crippen molar-refractivity contribution in [3.05, 3.63) is 60.2 Å². The van der Waals surface area contributed by atoms with Gasteiger partial charge in [-0.25, -0.2) is 0 Å². The van der Waals surface area contributed by atoms with Crippen molar-refractivity contribution in [1.29, 1.82) is 0 Å². The molecule has 2 N–H and O–H groups in total. The van der Waals surface area contributed by atoms with Gasteiger partial charge in [-0.05, 0) is 48.0 Å². The zero-order chi connectivity index (χ0) is 18.2. The number of hydrogen-bond donors (Lipinski definition) is 2. The molecule has 5 nitrogen and oxygen atoms in total. The smallest absolute Gasteiger partial charge is 0.387 e. The number of carbonyl (C=O) groups is 2. The van der Waals surface area contributed by atoms with Crippen LogP contribution >= 0.6 is 0 Å². The van der Waals surface area contributed by atoms with Gasteiger partial charge in [-0.2, -0.15) is 8.78 Å². The number of ether oxygens (including phenoxy) is 1. The van der Waals surface area contributed by atoms with Crippen molar-refractivity contribution in [3.8, 4) is 5.75 Å². The summed E-state index contributed by atoms with van der Waals surface area (Å²) in [5.41, 5.74) is 1.87. The monoisotopic (exact) mass is 346 g/mol. The molecule has 0 aliphatic heterocycles. The summed E-state index contributed by atoms with van der Waals surface area (Å²) in [4.78, 5) is 22.8. The van der Waals surface area contributed by atoms with Crippen LogP contribution in [0.4, 0.5) is 20.2 Å². The third-order valence-electron chi connectivity index (χ3n) is 3.01. The first-order valence-corrected chi connectivity index (χ1v) is 7.34. The second-order valence-electron chi connectivity index (χ2n) is 5.03. The van der Waals surface area contributed by atoms with E-state index in [0.29, 0.717) is 16.9 Å². The maximum atomic E-state index is 12.1. The highest BCUT2D eigenvalue weighted by molar-refractivity contribution is 6.02. The lowest BCUT2D eigenvalue weighted by atomic mass is 10.2. The summed E-state index contributed by atoms with van der Waals surface area (Å²) < 4.78 is 28.4. The Morgan fingerprint density at radius 2 is 1.52 bits per heavy atom. The van der Waals surface area contributed by atoms with Crippen LogP contribution in [-0.4, -0.2) is 18.4 Å². The number of halogens is 2. The molecular weight excluding hydrogens is 330 g/mol. The molecule has 2 rings (SSSR count). The Morgan fingerprint density at radius 3 is 2.04 bits per heavy atom. The Hall–Kier alpha value is -3.22. The number of nitrogens with one attached hydrogen (secondary N) is 2. The highest BCUT2D eigenvalue weighted by Crippen LogP contribution is 2.16. The van der Waals surface area contributed by atoms with Gasteiger partial charge in [0, 0.05) is 24.4 Å². The van der Waals surface area contributed by atoms with Gasteiger partial charge < -0.3 is 15.4 Å². The SMILES string of the molecule is CC(=O)Nc1ccc(NC(=O)/C=C/c2ccc(OC(F)F)cc2)cc1. The molecule has 0 atom stereocenters. The molecule has 2 amide bonds. The second-order valence-corrected chi connectivity index (χ2v) is 5.03. The van der Waals surface area contributed by atoms with Gasteiger partial charge in [0.1, 0.15) is 5.75 Å². The third-order valence-corrected chi connectivity index (χ3v) is 3.01. The minimum atomic E-state index is -2.87. The molecule has 0 aliphatic carbocycles. The Balaban J connectivity index is 1.90. The van der Waals surface area contributed by atoms with Gasteiger partial charge in [0.2, 0.25) is 11.8 Å². The van der Waals surface area contributed by atoms with E-state index in [0.717, 1.165) is 0 Å². The number of alkyl halides is 2. The highest BCUT2D eigenvalue weighted by Gasteiger charge is 2.03. The van der Waals surface area contributed by atoms with E-state index in [4.69, 9.17) is 0 Å². The predicted octanol–water partition coefficient (Wildman–Crippen LogP) is 3.90. The van der Waals surface area contributed by atoms with E-state index >= 15 is 0 Å². The number of anilines is 2. The van der Waals surface area contributed by atoms with E-state index in [-0.39, 0.29) is 17.6 Å². The van der Waals surface area contributed by atoms with Crippen LogP contribution in [0.25, 0.3) is 6.08 Å². The van der Waals surface area contributed by atoms with Crippen LogP contribution in [0.3, 0.4) is 0 Å². The summed E-state index contributed by atoms with van der Waals surface area (Å²) in [6.07, 6.45) is 2.87. The fraction of sp³-hybridized carbons (Fsp3) is 0.111. The maximum absolute atomic E-state index is 12.1. The summed E-state index contributed by atoms with van der Waals surface area (Å²) in [6, 6.07) is 12.6. The third kappa shape index (κ3) is 6.42. The van der Waals surface area contributed by atoms with Crippen LogP contribution in [0.5, 0.6) is 5.75 Å². The number of carbonyl (C=O) groups excluding carboxylic acids is 2. The molecule has 0 heterocycles. The lowest BCUT2D eigenvalue weighted by Crippen LogP contribution is -2.08. The van der Waals surface area contributed by atoms with Gasteiger partial charge in [-0.1, -0.05) is 12.1 Å². The zero-order valence-electron chi connectivity index (χ0n) is 13.3. The van der Waals surface area contributed by atoms with E-state index < -0.39 is 6.61 Å². The molecule has 2 aromatic rings. The van der Waals surface area contributed by atoms with Crippen LogP contribution in [-0.2, 0) is 9.59 Å². The average molecular weight is 346 g/mol. The van der Waals surface area contributed by atoms with Gasteiger partial charge in [0.05, 0.1) is 0 Å². The summed E-state index contributed by atoms with van der Waals surface area (Å²) in [5, 5.41) is 5.29. The maximum Gasteiger partial charge on any atom is 0.387 e. The molecule has 25 heavy (non-hydrogen) atoms. The molecule has 0 unspecified atom stereocenters. The molecule has 0 fully saturated rings. The van der Waals surface area contributed by atoms with E-state index in [2.05, 4.69) is 15.4 Å². The quantitative estimate of drug-likeness (QED) is 0.780. The molecule has 0 bridgehead atoms. The lowest BCUT2D eigenvalue weighted by Gasteiger charge is -2.05. The van der Waals surface area contributed by atoms with Crippen molar-refractivity contribution in [3.63, 3.8) is 0 Å².